The molecule has 4 aromatic carbocycles. The highest BCUT2D eigenvalue weighted by Crippen LogP contribution is 2.15. The van der Waals surface area contributed by atoms with Crippen LogP contribution in [-0.2, 0) is 38.8 Å². The van der Waals surface area contributed by atoms with Crippen LogP contribution in [0.2, 0.25) is 0 Å². The van der Waals surface area contributed by atoms with Crippen LogP contribution in [0.1, 0.15) is 23.1 Å². The van der Waals surface area contributed by atoms with Crippen molar-refractivity contribution in [2.45, 2.75) is 42.8 Å². The van der Waals surface area contributed by atoms with Gasteiger partial charge in [-0.1, -0.05) is 109 Å². The van der Waals surface area contributed by atoms with Gasteiger partial charge in [0.15, 0.2) is 9.84 Å². The molecule has 0 bridgehead atoms. The second-order valence-corrected chi connectivity index (χ2v) is 11.9. The van der Waals surface area contributed by atoms with E-state index in [-0.39, 0.29) is 30.1 Å². The number of hydrogen-bond acceptors (Lipinski definition) is 5. The number of hydrogen-bond donors (Lipinski definition) is 2. The van der Waals surface area contributed by atoms with Gasteiger partial charge < -0.3 is 15.4 Å². The van der Waals surface area contributed by atoms with E-state index in [9.17, 15) is 18.0 Å². The quantitative estimate of drug-likeness (QED) is 0.233. The van der Waals surface area contributed by atoms with E-state index in [2.05, 4.69) is 10.6 Å². The van der Waals surface area contributed by atoms with Crippen LogP contribution in [0.15, 0.2) is 126 Å². The third-order valence-electron chi connectivity index (χ3n) is 6.61. The number of alkyl carbamates (subject to hydrolysis) is 1. The standard InChI is InChI=1S/C33H34N2O5S/c36-32(31(24-27-15-7-2-8-16-27)35-33(37)40-25-28-17-9-3-10-18-28)34-29(23-26-13-5-1-6-14-26)21-22-41(38,39)30-19-11-4-12-20-30/h1-20,29,31H,21-25H2,(H,34,36)(H,35,37)/t29-,31+/m1/s1. The Labute approximate surface area is 241 Å². The summed E-state index contributed by atoms with van der Waals surface area (Å²) in [5.74, 6) is -0.548. The minimum atomic E-state index is -3.55. The van der Waals surface area contributed by atoms with Crippen molar-refractivity contribution in [3.63, 3.8) is 0 Å². The molecule has 0 saturated heterocycles. The maximum absolute atomic E-state index is 13.6. The first-order chi connectivity index (χ1) is 19.9. The zero-order valence-electron chi connectivity index (χ0n) is 22.7. The van der Waals surface area contributed by atoms with E-state index in [1.165, 1.54) is 0 Å². The Morgan fingerprint density at radius 2 is 1.12 bits per heavy atom. The smallest absolute Gasteiger partial charge is 0.408 e. The molecule has 0 unspecified atom stereocenters. The minimum absolute atomic E-state index is 0.0698. The third kappa shape index (κ3) is 9.61. The number of benzene rings is 4. The Kier molecular flexibility index (Phi) is 10.7. The molecule has 2 amide bonds. The molecule has 0 aliphatic rings. The summed E-state index contributed by atoms with van der Waals surface area (Å²) in [4.78, 5) is 26.6. The molecule has 0 aliphatic carbocycles. The molecule has 2 N–H and O–H groups in total. The molecule has 0 aromatic heterocycles. The first-order valence-electron chi connectivity index (χ1n) is 13.5. The summed E-state index contributed by atoms with van der Waals surface area (Å²) in [6.45, 7) is 0.0698. The van der Waals surface area contributed by atoms with Crippen molar-refractivity contribution < 1.29 is 22.7 Å². The Bertz CT molecular complexity index is 1480. The molecule has 2 atom stereocenters. The highest BCUT2D eigenvalue weighted by molar-refractivity contribution is 7.91. The Hall–Kier alpha value is -4.43. The van der Waals surface area contributed by atoms with E-state index in [1.807, 2.05) is 91.0 Å². The van der Waals surface area contributed by atoms with Gasteiger partial charge in [0.05, 0.1) is 10.6 Å². The van der Waals surface area contributed by atoms with Crippen LogP contribution in [0.3, 0.4) is 0 Å². The summed E-state index contributed by atoms with van der Waals surface area (Å²) in [6.07, 6.45) is 0.172. The lowest BCUT2D eigenvalue weighted by molar-refractivity contribution is -0.123. The predicted molar refractivity (Wildman–Crippen MR) is 159 cm³/mol. The van der Waals surface area contributed by atoms with Crippen molar-refractivity contribution >= 4 is 21.8 Å². The average molecular weight is 571 g/mol. The molecule has 0 saturated carbocycles. The molecule has 4 aromatic rings. The summed E-state index contributed by atoms with van der Waals surface area (Å²) in [7, 11) is -3.55. The van der Waals surface area contributed by atoms with Crippen molar-refractivity contribution in [2.24, 2.45) is 0 Å². The average Bonchev–Trinajstić information content (AvgIpc) is 3.00. The van der Waals surface area contributed by atoms with Crippen molar-refractivity contribution in [1.82, 2.24) is 10.6 Å². The minimum Gasteiger partial charge on any atom is -0.445 e. The van der Waals surface area contributed by atoms with Gasteiger partial charge in [-0.15, -0.1) is 0 Å². The summed E-state index contributed by atoms with van der Waals surface area (Å²) in [5, 5.41) is 5.73. The van der Waals surface area contributed by atoms with Crippen molar-refractivity contribution in [1.29, 1.82) is 0 Å². The topological polar surface area (TPSA) is 102 Å². The first kappa shape index (κ1) is 29.6. The molecular formula is C33H34N2O5S. The maximum atomic E-state index is 13.6. The molecule has 0 aliphatic heterocycles. The number of amides is 2. The van der Waals surface area contributed by atoms with Gasteiger partial charge in [0.2, 0.25) is 5.91 Å². The summed E-state index contributed by atoms with van der Waals surface area (Å²) in [5.41, 5.74) is 2.65. The fourth-order valence-electron chi connectivity index (χ4n) is 4.43. The van der Waals surface area contributed by atoms with Crippen LogP contribution in [0, 0.1) is 0 Å². The van der Waals surface area contributed by atoms with E-state index in [0.29, 0.717) is 6.42 Å². The lowest BCUT2D eigenvalue weighted by Gasteiger charge is -2.24. The third-order valence-corrected chi connectivity index (χ3v) is 8.38. The number of carbonyl (C=O) groups is 2. The Morgan fingerprint density at radius 1 is 0.634 bits per heavy atom. The van der Waals surface area contributed by atoms with Gasteiger partial charge in [0, 0.05) is 12.5 Å². The van der Waals surface area contributed by atoms with E-state index in [0.717, 1.165) is 16.7 Å². The predicted octanol–water partition coefficient (Wildman–Crippen LogP) is 5.12. The van der Waals surface area contributed by atoms with Gasteiger partial charge in [-0.25, -0.2) is 13.2 Å². The molecule has 41 heavy (non-hydrogen) atoms. The van der Waals surface area contributed by atoms with Crippen LogP contribution < -0.4 is 10.6 Å². The molecule has 4 rings (SSSR count). The van der Waals surface area contributed by atoms with Gasteiger partial charge in [-0.2, -0.15) is 0 Å². The highest BCUT2D eigenvalue weighted by atomic mass is 32.2. The van der Waals surface area contributed by atoms with Crippen molar-refractivity contribution in [3.05, 3.63) is 138 Å². The van der Waals surface area contributed by atoms with E-state index < -0.39 is 33.9 Å². The second kappa shape index (κ2) is 14.8. The SMILES string of the molecule is O=C(N[C@@H](Cc1ccccc1)C(=O)N[C@H](CCS(=O)(=O)c1ccccc1)Cc1ccccc1)OCc1ccccc1. The van der Waals surface area contributed by atoms with Crippen LogP contribution in [0.5, 0.6) is 0 Å². The normalized spacial score (nSPS) is 12.6. The first-order valence-corrected chi connectivity index (χ1v) is 15.2. The fraction of sp³-hybridized carbons (Fsp3) is 0.212. The van der Waals surface area contributed by atoms with Crippen molar-refractivity contribution in [2.75, 3.05) is 5.75 Å². The molecule has 7 nitrogen and oxygen atoms in total. The molecule has 212 valence electrons. The van der Waals surface area contributed by atoms with E-state index in [1.54, 1.807) is 30.3 Å². The zero-order valence-corrected chi connectivity index (χ0v) is 23.5. The molecule has 8 heteroatoms. The molecule has 0 heterocycles. The van der Waals surface area contributed by atoms with Gasteiger partial charge in [0.25, 0.3) is 0 Å². The Morgan fingerprint density at radius 3 is 1.68 bits per heavy atom. The van der Waals surface area contributed by atoms with E-state index in [4.69, 9.17) is 4.74 Å². The number of rotatable bonds is 13. The van der Waals surface area contributed by atoms with Gasteiger partial charge in [-0.3, -0.25) is 4.79 Å². The largest absolute Gasteiger partial charge is 0.445 e. The van der Waals surface area contributed by atoms with E-state index >= 15 is 0 Å². The molecule has 0 fully saturated rings. The lowest BCUT2D eigenvalue weighted by Crippen LogP contribution is -2.51. The molecular weight excluding hydrogens is 536 g/mol. The van der Waals surface area contributed by atoms with Crippen LogP contribution in [-0.4, -0.2) is 38.3 Å². The summed E-state index contributed by atoms with van der Waals surface area (Å²) >= 11 is 0. The molecule has 0 radical (unpaired) electrons. The number of sulfone groups is 1. The number of nitrogens with one attached hydrogen (secondary N) is 2. The molecule has 0 spiro atoms. The zero-order chi connectivity index (χ0) is 28.9. The summed E-state index contributed by atoms with van der Waals surface area (Å²) in [6, 6.07) is 35.1. The van der Waals surface area contributed by atoms with Gasteiger partial charge in [0.1, 0.15) is 12.6 Å². The highest BCUT2D eigenvalue weighted by Gasteiger charge is 2.26. The summed E-state index contributed by atoms with van der Waals surface area (Å²) < 4.78 is 31.4. The maximum Gasteiger partial charge on any atom is 0.408 e. The number of carbonyl (C=O) groups excluding carboxylic acids is 2. The van der Waals surface area contributed by atoms with Gasteiger partial charge >= 0.3 is 6.09 Å². The van der Waals surface area contributed by atoms with Crippen LogP contribution >= 0.6 is 0 Å². The fourth-order valence-corrected chi connectivity index (χ4v) is 5.84. The monoisotopic (exact) mass is 570 g/mol. The lowest BCUT2D eigenvalue weighted by atomic mass is 10.0. The van der Waals surface area contributed by atoms with Gasteiger partial charge in [-0.05, 0) is 41.7 Å². The van der Waals surface area contributed by atoms with Crippen molar-refractivity contribution in [3.8, 4) is 0 Å². The van der Waals surface area contributed by atoms with Crippen LogP contribution in [0.25, 0.3) is 0 Å². The Balaban J connectivity index is 1.48. The second-order valence-electron chi connectivity index (χ2n) is 9.76. The van der Waals surface area contributed by atoms with Crippen LogP contribution in [0.4, 0.5) is 4.79 Å². The number of ether oxygens (including phenoxy) is 1.